The third kappa shape index (κ3) is 3.26. The van der Waals surface area contributed by atoms with Crippen LogP contribution in [0.4, 0.5) is 10.2 Å². The van der Waals surface area contributed by atoms with Crippen molar-refractivity contribution in [2.45, 2.75) is 13.3 Å². The molecule has 0 aliphatic carbocycles. The summed E-state index contributed by atoms with van der Waals surface area (Å²) in [5.41, 5.74) is 1.35. The molecule has 0 saturated heterocycles. The first-order valence-electron chi connectivity index (χ1n) is 6.00. The molecule has 0 aliphatic heterocycles. The summed E-state index contributed by atoms with van der Waals surface area (Å²) in [4.78, 5) is 8.42. The maximum Gasteiger partial charge on any atom is 0.145 e. The van der Waals surface area contributed by atoms with Gasteiger partial charge in [0.25, 0.3) is 0 Å². The van der Waals surface area contributed by atoms with E-state index in [0.29, 0.717) is 17.1 Å². The monoisotopic (exact) mass is 256 g/mol. The molecule has 0 unspecified atom stereocenters. The van der Waals surface area contributed by atoms with Gasteiger partial charge in [0.2, 0.25) is 0 Å². The van der Waals surface area contributed by atoms with Gasteiger partial charge in [-0.1, -0.05) is 6.92 Å². The van der Waals surface area contributed by atoms with Gasteiger partial charge in [-0.15, -0.1) is 0 Å². The first-order valence-corrected chi connectivity index (χ1v) is 6.00. The van der Waals surface area contributed by atoms with Crippen molar-refractivity contribution in [3.63, 3.8) is 0 Å². The van der Waals surface area contributed by atoms with Crippen molar-refractivity contribution >= 4 is 5.82 Å². The summed E-state index contributed by atoms with van der Waals surface area (Å²) in [6.07, 6.45) is 4.14. The second-order valence-corrected chi connectivity index (χ2v) is 4.06. The molecule has 5 heteroatoms. The number of halogens is 1. The fourth-order valence-electron chi connectivity index (χ4n) is 1.65. The Morgan fingerprint density at radius 1 is 1.32 bits per heavy atom. The molecule has 0 radical (unpaired) electrons. The summed E-state index contributed by atoms with van der Waals surface area (Å²) in [6.45, 7) is 2.85. The molecule has 1 aromatic heterocycles. The second-order valence-electron chi connectivity index (χ2n) is 4.06. The average molecular weight is 256 g/mol. The molecule has 96 valence electrons. The summed E-state index contributed by atoms with van der Waals surface area (Å²) in [7, 11) is 0. The van der Waals surface area contributed by atoms with E-state index in [1.165, 1.54) is 12.1 Å². The van der Waals surface area contributed by atoms with Crippen molar-refractivity contribution < 1.29 is 4.39 Å². The van der Waals surface area contributed by atoms with E-state index in [2.05, 4.69) is 22.2 Å². The lowest BCUT2D eigenvalue weighted by molar-refractivity contribution is 0.628. The van der Waals surface area contributed by atoms with E-state index in [-0.39, 0.29) is 5.56 Å². The van der Waals surface area contributed by atoms with E-state index < -0.39 is 5.82 Å². The standard InChI is InChI=1S/C14H13FN4/c1-2-3-18-14-9-17-8-13(19-14)11-4-10(7-16)5-12(15)6-11/h4-6,8-9H,2-3H2,1H3,(H,18,19). The van der Waals surface area contributed by atoms with Gasteiger partial charge in [-0.25, -0.2) is 9.37 Å². The molecule has 0 bridgehead atoms. The highest BCUT2D eigenvalue weighted by atomic mass is 19.1. The smallest absolute Gasteiger partial charge is 0.145 e. The number of nitrogens with zero attached hydrogens (tertiary/aromatic N) is 3. The molecule has 19 heavy (non-hydrogen) atoms. The lowest BCUT2D eigenvalue weighted by Crippen LogP contribution is -2.03. The van der Waals surface area contributed by atoms with Gasteiger partial charge < -0.3 is 5.32 Å². The average Bonchev–Trinajstić information content (AvgIpc) is 2.44. The molecule has 1 heterocycles. The van der Waals surface area contributed by atoms with Gasteiger partial charge in [0, 0.05) is 12.1 Å². The van der Waals surface area contributed by atoms with E-state index in [9.17, 15) is 4.39 Å². The van der Waals surface area contributed by atoms with Crippen molar-refractivity contribution in [2.75, 3.05) is 11.9 Å². The molecule has 0 spiro atoms. The fraction of sp³-hybridized carbons (Fsp3) is 0.214. The number of benzene rings is 1. The molecule has 1 aromatic carbocycles. The Balaban J connectivity index is 2.36. The Hall–Kier alpha value is -2.48. The molecule has 0 atom stereocenters. The van der Waals surface area contributed by atoms with Gasteiger partial charge in [0.15, 0.2) is 0 Å². The van der Waals surface area contributed by atoms with E-state index in [4.69, 9.17) is 5.26 Å². The topological polar surface area (TPSA) is 61.6 Å². The number of rotatable bonds is 4. The van der Waals surface area contributed by atoms with Gasteiger partial charge in [-0.2, -0.15) is 5.26 Å². The van der Waals surface area contributed by atoms with E-state index in [0.717, 1.165) is 13.0 Å². The molecule has 0 saturated carbocycles. The van der Waals surface area contributed by atoms with Crippen LogP contribution in [-0.4, -0.2) is 16.5 Å². The van der Waals surface area contributed by atoms with Crippen LogP contribution in [0, 0.1) is 17.1 Å². The lowest BCUT2D eigenvalue weighted by atomic mass is 10.1. The lowest BCUT2D eigenvalue weighted by Gasteiger charge is -2.06. The van der Waals surface area contributed by atoms with Crippen LogP contribution < -0.4 is 5.32 Å². The highest BCUT2D eigenvalue weighted by Crippen LogP contribution is 2.20. The fourth-order valence-corrected chi connectivity index (χ4v) is 1.65. The summed E-state index contributed by atoms with van der Waals surface area (Å²) in [5, 5.41) is 12.0. The maximum atomic E-state index is 13.4. The molecular formula is C14H13FN4. The molecular weight excluding hydrogens is 243 g/mol. The highest BCUT2D eigenvalue weighted by molar-refractivity contribution is 5.62. The first-order chi connectivity index (χ1) is 9.22. The SMILES string of the molecule is CCCNc1cncc(-c2cc(F)cc(C#N)c2)n1. The van der Waals surface area contributed by atoms with E-state index in [1.54, 1.807) is 18.5 Å². The van der Waals surface area contributed by atoms with Crippen LogP contribution in [0.15, 0.2) is 30.6 Å². The number of hydrogen-bond acceptors (Lipinski definition) is 4. The zero-order valence-corrected chi connectivity index (χ0v) is 10.5. The van der Waals surface area contributed by atoms with E-state index >= 15 is 0 Å². The maximum absolute atomic E-state index is 13.4. The Bertz CT molecular complexity index is 619. The Morgan fingerprint density at radius 3 is 2.89 bits per heavy atom. The summed E-state index contributed by atoms with van der Waals surface area (Å²) < 4.78 is 13.4. The van der Waals surface area contributed by atoms with Crippen LogP contribution in [-0.2, 0) is 0 Å². The van der Waals surface area contributed by atoms with Crippen molar-refractivity contribution in [2.24, 2.45) is 0 Å². The molecule has 0 fully saturated rings. The molecule has 4 nitrogen and oxygen atoms in total. The number of hydrogen-bond donors (Lipinski definition) is 1. The van der Waals surface area contributed by atoms with Crippen molar-refractivity contribution in [3.05, 3.63) is 42.0 Å². The third-order valence-corrected chi connectivity index (χ3v) is 2.51. The predicted molar refractivity (Wildman–Crippen MR) is 70.9 cm³/mol. The van der Waals surface area contributed by atoms with Gasteiger partial charge in [0.05, 0.1) is 29.7 Å². The number of nitrogens with one attached hydrogen (secondary N) is 1. The largest absolute Gasteiger partial charge is 0.369 e. The van der Waals surface area contributed by atoms with Gasteiger partial charge in [0.1, 0.15) is 11.6 Å². The molecule has 1 N–H and O–H groups in total. The van der Waals surface area contributed by atoms with Crippen LogP contribution in [0.3, 0.4) is 0 Å². The molecule has 2 aromatic rings. The van der Waals surface area contributed by atoms with Crippen molar-refractivity contribution in [1.29, 1.82) is 5.26 Å². The molecule has 0 aliphatic rings. The van der Waals surface area contributed by atoms with E-state index in [1.807, 2.05) is 6.07 Å². The van der Waals surface area contributed by atoms with Crippen molar-refractivity contribution in [3.8, 4) is 17.3 Å². The zero-order valence-electron chi connectivity index (χ0n) is 10.5. The van der Waals surface area contributed by atoms with Gasteiger partial charge >= 0.3 is 0 Å². The number of anilines is 1. The predicted octanol–water partition coefficient (Wildman–Crippen LogP) is 2.98. The minimum absolute atomic E-state index is 0.267. The van der Waals surface area contributed by atoms with Crippen LogP contribution in [0.5, 0.6) is 0 Å². The summed E-state index contributed by atoms with van der Waals surface area (Å²) in [6, 6.07) is 6.05. The van der Waals surface area contributed by atoms with Crippen LogP contribution in [0.1, 0.15) is 18.9 Å². The van der Waals surface area contributed by atoms with Crippen molar-refractivity contribution in [1.82, 2.24) is 9.97 Å². The molecule has 2 rings (SSSR count). The Morgan fingerprint density at radius 2 is 2.16 bits per heavy atom. The first kappa shape index (κ1) is 13.0. The number of nitriles is 1. The molecule has 0 amide bonds. The minimum atomic E-state index is -0.456. The second kappa shape index (κ2) is 5.91. The zero-order chi connectivity index (χ0) is 13.7. The Kier molecular flexibility index (Phi) is 4.04. The Labute approximate surface area is 110 Å². The third-order valence-electron chi connectivity index (χ3n) is 2.51. The van der Waals surface area contributed by atoms with Crippen LogP contribution in [0.2, 0.25) is 0 Å². The minimum Gasteiger partial charge on any atom is -0.369 e. The summed E-state index contributed by atoms with van der Waals surface area (Å²) >= 11 is 0. The normalized spacial score (nSPS) is 9.95. The highest BCUT2D eigenvalue weighted by Gasteiger charge is 2.06. The summed E-state index contributed by atoms with van der Waals surface area (Å²) in [5.74, 6) is 0.185. The number of aromatic nitrogens is 2. The van der Waals surface area contributed by atoms with Gasteiger partial charge in [-0.05, 0) is 24.6 Å². The quantitative estimate of drug-likeness (QED) is 0.913. The van der Waals surface area contributed by atoms with Crippen LogP contribution >= 0.6 is 0 Å². The van der Waals surface area contributed by atoms with Crippen LogP contribution in [0.25, 0.3) is 11.3 Å². The van der Waals surface area contributed by atoms with Gasteiger partial charge in [-0.3, -0.25) is 4.98 Å².